The zero-order valence-corrected chi connectivity index (χ0v) is 10.5. The van der Waals surface area contributed by atoms with Gasteiger partial charge in [-0.3, -0.25) is 0 Å². The summed E-state index contributed by atoms with van der Waals surface area (Å²) in [4.78, 5) is 4.62. The molecule has 18 heavy (non-hydrogen) atoms. The summed E-state index contributed by atoms with van der Waals surface area (Å²) in [5.74, 6) is 0. The van der Waals surface area contributed by atoms with Crippen LogP contribution in [0.5, 0.6) is 0 Å². The normalized spacial score (nSPS) is 11.0. The minimum atomic E-state index is 0.787. The summed E-state index contributed by atoms with van der Waals surface area (Å²) < 4.78 is 2.03. The quantitative estimate of drug-likeness (QED) is 0.706. The lowest BCUT2D eigenvalue weighted by Gasteiger charge is -2.01. The van der Waals surface area contributed by atoms with E-state index >= 15 is 0 Å². The molecule has 0 saturated carbocycles. The molecule has 0 unspecified atom stereocenters. The summed E-state index contributed by atoms with van der Waals surface area (Å²) in [6.45, 7) is 4.08. The average Bonchev–Trinajstić information content (AvgIpc) is 2.80. The number of rotatable bonds is 1. The van der Waals surface area contributed by atoms with Gasteiger partial charge in [-0.1, -0.05) is 29.8 Å². The lowest BCUT2D eigenvalue weighted by Crippen LogP contribution is -1.96. The molecular weight excluding hydrogens is 222 g/mol. The molecule has 0 saturated heterocycles. The molecule has 0 amide bonds. The molecule has 2 aromatic heterocycles. The Labute approximate surface area is 106 Å². The maximum absolute atomic E-state index is 5.91. The van der Waals surface area contributed by atoms with Gasteiger partial charge in [0, 0.05) is 17.5 Å². The fraction of sp³-hybridized carbons (Fsp3) is 0.133. The van der Waals surface area contributed by atoms with Gasteiger partial charge in [-0.15, -0.1) is 0 Å². The number of anilines is 1. The molecular formula is C15H15N3. The van der Waals surface area contributed by atoms with Crippen LogP contribution in [0.25, 0.3) is 16.9 Å². The van der Waals surface area contributed by atoms with Crippen molar-refractivity contribution in [1.82, 2.24) is 9.38 Å². The van der Waals surface area contributed by atoms with Crippen molar-refractivity contribution >= 4 is 11.3 Å². The van der Waals surface area contributed by atoms with Crippen LogP contribution in [0, 0.1) is 13.8 Å². The highest BCUT2D eigenvalue weighted by Crippen LogP contribution is 2.22. The molecule has 3 rings (SSSR count). The molecule has 0 spiro atoms. The highest BCUT2D eigenvalue weighted by atomic mass is 15.0. The van der Waals surface area contributed by atoms with E-state index in [-0.39, 0.29) is 0 Å². The first kappa shape index (κ1) is 10.8. The van der Waals surface area contributed by atoms with Crippen molar-refractivity contribution in [3.8, 4) is 11.3 Å². The Kier molecular flexibility index (Phi) is 2.33. The van der Waals surface area contributed by atoms with Gasteiger partial charge in [0.05, 0.1) is 11.4 Å². The third kappa shape index (κ3) is 1.64. The van der Waals surface area contributed by atoms with Crippen LogP contribution < -0.4 is 5.73 Å². The Balaban J connectivity index is 2.19. The second-order valence-corrected chi connectivity index (χ2v) is 4.59. The molecule has 0 aliphatic carbocycles. The maximum Gasteiger partial charge on any atom is 0.137 e. The van der Waals surface area contributed by atoms with Crippen molar-refractivity contribution in [2.45, 2.75) is 13.8 Å². The van der Waals surface area contributed by atoms with E-state index in [1.807, 2.05) is 29.7 Å². The highest BCUT2D eigenvalue weighted by Gasteiger charge is 2.06. The first-order valence-electron chi connectivity index (χ1n) is 5.96. The van der Waals surface area contributed by atoms with Crippen LogP contribution in [0.2, 0.25) is 0 Å². The molecule has 3 nitrogen and oxygen atoms in total. The summed E-state index contributed by atoms with van der Waals surface area (Å²) in [7, 11) is 0. The molecule has 0 aliphatic heterocycles. The summed E-state index contributed by atoms with van der Waals surface area (Å²) in [6.07, 6.45) is 2.03. The van der Waals surface area contributed by atoms with Crippen molar-refractivity contribution in [2.24, 2.45) is 0 Å². The number of aromatic nitrogens is 2. The van der Waals surface area contributed by atoms with Crippen LogP contribution in [0.3, 0.4) is 0 Å². The molecule has 90 valence electrons. The Bertz CT molecular complexity index is 708. The average molecular weight is 237 g/mol. The first-order valence-corrected chi connectivity index (χ1v) is 5.96. The number of nitrogens with two attached hydrogens (primary N) is 1. The van der Waals surface area contributed by atoms with Crippen molar-refractivity contribution < 1.29 is 0 Å². The largest absolute Gasteiger partial charge is 0.397 e. The molecule has 3 aromatic rings. The number of hydrogen-bond acceptors (Lipinski definition) is 2. The SMILES string of the molecule is Cc1ccc(-c2cn3c(C)c(N)ccc3n2)cc1. The second-order valence-electron chi connectivity index (χ2n) is 4.59. The zero-order chi connectivity index (χ0) is 12.7. The van der Waals surface area contributed by atoms with E-state index in [1.165, 1.54) is 5.56 Å². The Morgan fingerprint density at radius 1 is 1.00 bits per heavy atom. The zero-order valence-electron chi connectivity index (χ0n) is 10.5. The number of nitrogens with zero attached hydrogens (tertiary/aromatic N) is 2. The highest BCUT2D eigenvalue weighted by molar-refractivity contribution is 5.64. The van der Waals surface area contributed by atoms with Crippen LogP contribution in [0.15, 0.2) is 42.6 Å². The van der Waals surface area contributed by atoms with E-state index in [4.69, 9.17) is 5.73 Å². The van der Waals surface area contributed by atoms with Crippen LogP contribution >= 0.6 is 0 Å². The van der Waals surface area contributed by atoms with E-state index in [0.717, 1.165) is 28.3 Å². The fourth-order valence-corrected chi connectivity index (χ4v) is 2.07. The topological polar surface area (TPSA) is 43.3 Å². The van der Waals surface area contributed by atoms with Crippen LogP contribution in [-0.4, -0.2) is 9.38 Å². The maximum atomic E-state index is 5.91. The fourth-order valence-electron chi connectivity index (χ4n) is 2.07. The van der Waals surface area contributed by atoms with Gasteiger partial charge in [-0.25, -0.2) is 4.98 Å². The number of imidazole rings is 1. The molecule has 3 heteroatoms. The van der Waals surface area contributed by atoms with E-state index < -0.39 is 0 Å². The third-order valence-electron chi connectivity index (χ3n) is 3.27. The van der Waals surface area contributed by atoms with E-state index in [2.05, 4.69) is 36.2 Å². The van der Waals surface area contributed by atoms with Crippen LogP contribution in [-0.2, 0) is 0 Å². The molecule has 2 heterocycles. The van der Waals surface area contributed by atoms with Gasteiger partial charge in [0.25, 0.3) is 0 Å². The summed E-state index contributed by atoms with van der Waals surface area (Å²) >= 11 is 0. The number of fused-ring (bicyclic) bond motifs is 1. The van der Waals surface area contributed by atoms with Gasteiger partial charge in [-0.2, -0.15) is 0 Å². The smallest absolute Gasteiger partial charge is 0.137 e. The summed E-state index contributed by atoms with van der Waals surface area (Å²) in [5.41, 5.74) is 12.0. The van der Waals surface area contributed by atoms with Gasteiger partial charge < -0.3 is 10.1 Å². The number of pyridine rings is 1. The predicted molar refractivity (Wildman–Crippen MR) is 74.5 cm³/mol. The number of nitrogen functional groups attached to an aromatic ring is 1. The minimum Gasteiger partial charge on any atom is -0.397 e. The Hall–Kier alpha value is -2.29. The molecule has 0 bridgehead atoms. The molecule has 0 aliphatic rings. The standard InChI is InChI=1S/C15H15N3/c1-10-3-5-12(6-4-10)14-9-18-11(2)13(16)7-8-15(18)17-14/h3-9H,16H2,1-2H3. The third-order valence-corrected chi connectivity index (χ3v) is 3.27. The lowest BCUT2D eigenvalue weighted by molar-refractivity contribution is 1.10. The molecule has 0 radical (unpaired) electrons. The predicted octanol–water partition coefficient (Wildman–Crippen LogP) is 3.20. The number of hydrogen-bond donors (Lipinski definition) is 1. The van der Waals surface area contributed by atoms with E-state index in [9.17, 15) is 0 Å². The van der Waals surface area contributed by atoms with Gasteiger partial charge in [-0.05, 0) is 26.0 Å². The summed E-state index contributed by atoms with van der Waals surface area (Å²) in [6, 6.07) is 12.2. The number of benzene rings is 1. The van der Waals surface area contributed by atoms with Crippen molar-refractivity contribution in [2.75, 3.05) is 5.73 Å². The van der Waals surface area contributed by atoms with Crippen molar-refractivity contribution in [3.63, 3.8) is 0 Å². The molecule has 2 N–H and O–H groups in total. The monoisotopic (exact) mass is 237 g/mol. The van der Waals surface area contributed by atoms with Crippen LogP contribution in [0.4, 0.5) is 5.69 Å². The molecule has 1 aromatic carbocycles. The summed E-state index contributed by atoms with van der Waals surface area (Å²) in [5, 5.41) is 0. The van der Waals surface area contributed by atoms with E-state index in [1.54, 1.807) is 0 Å². The van der Waals surface area contributed by atoms with Gasteiger partial charge in [0.1, 0.15) is 5.65 Å². The first-order chi connectivity index (χ1) is 8.65. The van der Waals surface area contributed by atoms with Gasteiger partial charge in [0.15, 0.2) is 0 Å². The molecule has 0 atom stereocenters. The van der Waals surface area contributed by atoms with Crippen molar-refractivity contribution in [3.05, 3.63) is 53.9 Å². The van der Waals surface area contributed by atoms with Crippen LogP contribution in [0.1, 0.15) is 11.3 Å². The van der Waals surface area contributed by atoms with Gasteiger partial charge >= 0.3 is 0 Å². The van der Waals surface area contributed by atoms with Gasteiger partial charge in [0.2, 0.25) is 0 Å². The molecule has 0 fully saturated rings. The van der Waals surface area contributed by atoms with E-state index in [0.29, 0.717) is 0 Å². The number of aryl methyl sites for hydroxylation is 2. The lowest BCUT2D eigenvalue weighted by atomic mass is 10.1. The Morgan fingerprint density at radius 2 is 1.72 bits per heavy atom. The van der Waals surface area contributed by atoms with Crippen molar-refractivity contribution in [1.29, 1.82) is 0 Å². The minimum absolute atomic E-state index is 0.787. The second kappa shape index (κ2) is 3.88. The Morgan fingerprint density at radius 3 is 2.44 bits per heavy atom.